The van der Waals surface area contributed by atoms with Gasteiger partial charge in [0.25, 0.3) is 5.56 Å². The standard InChI is InChI=1S/C22H26N4O3S/c1-5-25(6-2)30(28,29)20-13-9-18(10-14-20)23-15-21-17(4)24-26(22(21)27)19-11-7-16(3)8-12-19/h7-15,24H,5-6H2,1-4H3. The maximum atomic E-state index is 12.8. The molecule has 8 heteroatoms. The first kappa shape index (κ1) is 21.7. The van der Waals surface area contributed by atoms with Crippen LogP contribution in [0.15, 0.2) is 63.2 Å². The molecule has 1 heterocycles. The van der Waals surface area contributed by atoms with E-state index in [4.69, 9.17) is 0 Å². The van der Waals surface area contributed by atoms with Crippen molar-refractivity contribution < 1.29 is 8.42 Å². The Labute approximate surface area is 176 Å². The van der Waals surface area contributed by atoms with E-state index >= 15 is 0 Å². The zero-order valence-electron chi connectivity index (χ0n) is 17.6. The highest BCUT2D eigenvalue weighted by molar-refractivity contribution is 7.89. The zero-order valence-corrected chi connectivity index (χ0v) is 18.4. The lowest BCUT2D eigenvalue weighted by Gasteiger charge is -2.18. The van der Waals surface area contributed by atoms with E-state index in [0.29, 0.717) is 30.0 Å². The molecule has 3 aromatic rings. The first-order valence-electron chi connectivity index (χ1n) is 9.80. The summed E-state index contributed by atoms with van der Waals surface area (Å²) in [5.74, 6) is 0. The van der Waals surface area contributed by atoms with Crippen LogP contribution in [0.3, 0.4) is 0 Å². The van der Waals surface area contributed by atoms with Crippen LogP contribution >= 0.6 is 0 Å². The van der Waals surface area contributed by atoms with Crippen LogP contribution in [-0.2, 0) is 10.0 Å². The van der Waals surface area contributed by atoms with Crippen LogP contribution in [-0.4, -0.2) is 41.8 Å². The SMILES string of the molecule is CCN(CC)S(=O)(=O)c1ccc(N=Cc2c(C)[nH]n(-c3ccc(C)cc3)c2=O)cc1. The van der Waals surface area contributed by atoms with Gasteiger partial charge in [-0.25, -0.2) is 13.1 Å². The molecule has 0 aliphatic carbocycles. The van der Waals surface area contributed by atoms with Crippen molar-refractivity contribution in [2.45, 2.75) is 32.6 Å². The smallest absolute Gasteiger partial charge is 0.280 e. The van der Waals surface area contributed by atoms with E-state index in [-0.39, 0.29) is 10.5 Å². The first-order chi connectivity index (χ1) is 14.3. The van der Waals surface area contributed by atoms with Crippen LogP contribution in [0.5, 0.6) is 0 Å². The van der Waals surface area contributed by atoms with Crippen LogP contribution < -0.4 is 5.56 Å². The van der Waals surface area contributed by atoms with Gasteiger partial charge in [0.05, 0.1) is 21.8 Å². The van der Waals surface area contributed by atoms with Gasteiger partial charge in [0.1, 0.15) is 0 Å². The largest absolute Gasteiger partial charge is 0.295 e. The lowest BCUT2D eigenvalue weighted by atomic mass is 10.2. The summed E-state index contributed by atoms with van der Waals surface area (Å²) in [6, 6.07) is 14.0. The number of hydrogen-bond donors (Lipinski definition) is 1. The first-order valence-corrected chi connectivity index (χ1v) is 11.2. The third kappa shape index (κ3) is 4.29. The Morgan fingerprint density at radius 2 is 1.60 bits per heavy atom. The average Bonchev–Trinajstić information content (AvgIpc) is 3.01. The third-order valence-corrected chi connectivity index (χ3v) is 7.00. The second-order valence-corrected chi connectivity index (χ2v) is 8.91. The molecule has 0 bridgehead atoms. The lowest BCUT2D eigenvalue weighted by Crippen LogP contribution is -2.30. The number of H-pyrrole nitrogens is 1. The fourth-order valence-electron chi connectivity index (χ4n) is 3.14. The summed E-state index contributed by atoms with van der Waals surface area (Å²) >= 11 is 0. The number of aromatic amines is 1. The fraction of sp³-hybridized carbons (Fsp3) is 0.273. The molecule has 1 aromatic heterocycles. The Bertz CT molecular complexity index is 1200. The van der Waals surface area contributed by atoms with E-state index in [2.05, 4.69) is 10.1 Å². The Kier molecular flexibility index (Phi) is 6.38. The summed E-state index contributed by atoms with van der Waals surface area (Å²) in [6.45, 7) is 8.25. The normalized spacial score (nSPS) is 12.2. The third-order valence-electron chi connectivity index (χ3n) is 4.93. The summed E-state index contributed by atoms with van der Waals surface area (Å²) in [4.78, 5) is 17.4. The highest BCUT2D eigenvalue weighted by Crippen LogP contribution is 2.20. The van der Waals surface area contributed by atoms with Crippen molar-refractivity contribution in [1.29, 1.82) is 0 Å². The van der Waals surface area contributed by atoms with E-state index in [1.54, 1.807) is 12.1 Å². The van der Waals surface area contributed by atoms with Crippen molar-refractivity contribution in [3.63, 3.8) is 0 Å². The van der Waals surface area contributed by atoms with Gasteiger partial charge in [-0.1, -0.05) is 31.5 Å². The van der Waals surface area contributed by atoms with Gasteiger partial charge < -0.3 is 0 Å². The number of aromatic nitrogens is 2. The lowest BCUT2D eigenvalue weighted by molar-refractivity contribution is 0.445. The van der Waals surface area contributed by atoms with Gasteiger partial charge in [0, 0.05) is 25.0 Å². The van der Waals surface area contributed by atoms with Crippen LogP contribution in [0.4, 0.5) is 5.69 Å². The summed E-state index contributed by atoms with van der Waals surface area (Å²) in [5.41, 5.74) is 3.39. The van der Waals surface area contributed by atoms with Gasteiger partial charge in [-0.3, -0.25) is 14.9 Å². The van der Waals surface area contributed by atoms with Crippen molar-refractivity contribution >= 4 is 21.9 Å². The Morgan fingerprint density at radius 3 is 2.17 bits per heavy atom. The molecular weight excluding hydrogens is 400 g/mol. The average molecular weight is 427 g/mol. The molecule has 0 radical (unpaired) electrons. The highest BCUT2D eigenvalue weighted by Gasteiger charge is 2.21. The number of aliphatic imine (C=N–C) groups is 1. The van der Waals surface area contributed by atoms with E-state index in [0.717, 1.165) is 11.3 Å². The molecule has 0 amide bonds. The van der Waals surface area contributed by atoms with Crippen molar-refractivity contribution in [1.82, 2.24) is 14.1 Å². The molecule has 0 saturated heterocycles. The predicted molar refractivity (Wildman–Crippen MR) is 120 cm³/mol. The maximum Gasteiger partial charge on any atom is 0.280 e. The predicted octanol–water partition coefficient (Wildman–Crippen LogP) is 3.56. The quantitative estimate of drug-likeness (QED) is 0.586. The summed E-state index contributed by atoms with van der Waals surface area (Å²) in [6.07, 6.45) is 1.51. The van der Waals surface area contributed by atoms with Gasteiger partial charge in [-0.2, -0.15) is 4.31 Å². The Morgan fingerprint density at radius 1 is 1.00 bits per heavy atom. The number of sulfonamides is 1. The van der Waals surface area contributed by atoms with Crippen LogP contribution in [0.2, 0.25) is 0 Å². The highest BCUT2D eigenvalue weighted by atomic mass is 32.2. The van der Waals surface area contributed by atoms with Crippen LogP contribution in [0.25, 0.3) is 5.69 Å². The van der Waals surface area contributed by atoms with Gasteiger partial charge in [0.15, 0.2) is 0 Å². The molecule has 0 aliphatic heterocycles. The molecule has 0 saturated carbocycles. The molecule has 30 heavy (non-hydrogen) atoms. The summed E-state index contributed by atoms with van der Waals surface area (Å²) < 4.78 is 28.0. The molecule has 0 fully saturated rings. The van der Waals surface area contributed by atoms with Crippen LogP contribution in [0.1, 0.15) is 30.7 Å². The molecule has 7 nitrogen and oxygen atoms in total. The monoisotopic (exact) mass is 426 g/mol. The van der Waals surface area contributed by atoms with Crippen molar-refractivity contribution in [3.8, 4) is 5.69 Å². The number of hydrogen-bond acceptors (Lipinski definition) is 4. The fourth-order valence-corrected chi connectivity index (χ4v) is 4.60. The molecule has 158 valence electrons. The molecule has 2 aromatic carbocycles. The van der Waals surface area contributed by atoms with Crippen LogP contribution in [0, 0.1) is 13.8 Å². The molecule has 3 rings (SSSR count). The number of benzene rings is 2. The maximum absolute atomic E-state index is 12.8. The number of nitrogens with one attached hydrogen (secondary N) is 1. The minimum absolute atomic E-state index is 0.194. The number of rotatable bonds is 7. The van der Waals surface area contributed by atoms with Gasteiger partial charge >= 0.3 is 0 Å². The Hall–Kier alpha value is -2.97. The van der Waals surface area contributed by atoms with Gasteiger partial charge in [-0.05, 0) is 50.2 Å². The Balaban J connectivity index is 1.86. The van der Waals surface area contributed by atoms with E-state index in [9.17, 15) is 13.2 Å². The molecule has 0 spiro atoms. The molecular formula is C22H26N4O3S. The summed E-state index contributed by atoms with van der Waals surface area (Å²) in [5, 5.41) is 3.07. The minimum Gasteiger partial charge on any atom is -0.295 e. The van der Waals surface area contributed by atoms with Crippen molar-refractivity contribution in [2.75, 3.05) is 13.1 Å². The number of aryl methyl sites for hydroxylation is 2. The van der Waals surface area contributed by atoms with E-state index in [1.165, 1.54) is 27.3 Å². The second kappa shape index (κ2) is 8.81. The topological polar surface area (TPSA) is 87.5 Å². The van der Waals surface area contributed by atoms with Gasteiger partial charge in [-0.15, -0.1) is 0 Å². The minimum atomic E-state index is -3.51. The number of nitrogens with zero attached hydrogens (tertiary/aromatic N) is 3. The molecule has 0 unspecified atom stereocenters. The zero-order chi connectivity index (χ0) is 21.9. The molecule has 1 N–H and O–H groups in total. The van der Waals surface area contributed by atoms with Crippen molar-refractivity contribution in [2.24, 2.45) is 4.99 Å². The summed E-state index contributed by atoms with van der Waals surface area (Å²) in [7, 11) is -3.51. The molecule has 0 aliphatic rings. The van der Waals surface area contributed by atoms with Crippen molar-refractivity contribution in [3.05, 3.63) is 75.7 Å². The molecule has 0 atom stereocenters. The van der Waals surface area contributed by atoms with Gasteiger partial charge in [0.2, 0.25) is 10.0 Å². The van der Waals surface area contributed by atoms with E-state index in [1.807, 2.05) is 52.0 Å². The van der Waals surface area contributed by atoms with E-state index < -0.39 is 10.0 Å². The second-order valence-electron chi connectivity index (χ2n) is 6.97.